The molecule has 0 saturated carbocycles. The molecule has 0 aromatic carbocycles. The molecule has 0 aliphatic carbocycles. The van der Waals surface area contributed by atoms with Gasteiger partial charge in [-0.25, -0.2) is 4.79 Å². The SMILES string of the molecule is CC(=O)OCC1C=C[C@@H](NC(=O)OC(C)(C)C)CO1. The fourth-order valence-electron chi connectivity index (χ4n) is 1.45. The van der Waals surface area contributed by atoms with Gasteiger partial charge in [0.2, 0.25) is 0 Å². The molecule has 2 atom stereocenters. The van der Waals surface area contributed by atoms with Gasteiger partial charge in [-0.1, -0.05) is 12.2 Å². The second-order valence-corrected chi connectivity index (χ2v) is 5.31. The summed E-state index contributed by atoms with van der Waals surface area (Å²) in [6.45, 7) is 7.25. The topological polar surface area (TPSA) is 73.9 Å². The molecule has 1 heterocycles. The molecule has 0 aromatic heterocycles. The number of carbonyl (C=O) groups excluding carboxylic acids is 2. The maximum absolute atomic E-state index is 11.5. The number of carbonyl (C=O) groups is 2. The van der Waals surface area contributed by atoms with Crippen LogP contribution in [-0.2, 0) is 19.0 Å². The van der Waals surface area contributed by atoms with E-state index in [1.54, 1.807) is 26.8 Å². The van der Waals surface area contributed by atoms with E-state index in [2.05, 4.69) is 5.32 Å². The zero-order valence-electron chi connectivity index (χ0n) is 11.8. The van der Waals surface area contributed by atoms with Crippen LogP contribution in [-0.4, -0.2) is 43.0 Å². The van der Waals surface area contributed by atoms with E-state index in [9.17, 15) is 9.59 Å². The highest BCUT2D eigenvalue weighted by Gasteiger charge is 2.21. The van der Waals surface area contributed by atoms with Gasteiger partial charge in [-0.3, -0.25) is 4.79 Å². The predicted octanol–water partition coefficient (Wildman–Crippen LogP) is 1.40. The van der Waals surface area contributed by atoms with Crippen LogP contribution in [0.4, 0.5) is 4.79 Å². The van der Waals surface area contributed by atoms with Crippen molar-refractivity contribution in [2.24, 2.45) is 0 Å². The van der Waals surface area contributed by atoms with Crippen LogP contribution in [0.1, 0.15) is 27.7 Å². The van der Waals surface area contributed by atoms with Crippen molar-refractivity contribution in [2.75, 3.05) is 13.2 Å². The Labute approximate surface area is 113 Å². The first-order valence-electron chi connectivity index (χ1n) is 6.19. The van der Waals surface area contributed by atoms with E-state index < -0.39 is 11.7 Å². The Morgan fingerprint density at radius 3 is 2.53 bits per heavy atom. The summed E-state index contributed by atoms with van der Waals surface area (Å²) in [6, 6.07) is -0.233. The van der Waals surface area contributed by atoms with Crippen LogP contribution in [0.25, 0.3) is 0 Å². The summed E-state index contributed by atoms with van der Waals surface area (Å²) in [7, 11) is 0. The molecule has 19 heavy (non-hydrogen) atoms. The largest absolute Gasteiger partial charge is 0.463 e. The normalized spacial score (nSPS) is 22.7. The third-order valence-corrected chi connectivity index (χ3v) is 2.20. The molecule has 0 radical (unpaired) electrons. The van der Waals surface area contributed by atoms with Crippen LogP contribution in [0.15, 0.2) is 12.2 Å². The molecule has 6 nitrogen and oxygen atoms in total. The third kappa shape index (κ3) is 6.81. The monoisotopic (exact) mass is 271 g/mol. The van der Waals surface area contributed by atoms with Crippen molar-refractivity contribution < 1.29 is 23.8 Å². The number of rotatable bonds is 3. The lowest BCUT2D eigenvalue weighted by Crippen LogP contribution is -2.43. The smallest absolute Gasteiger partial charge is 0.408 e. The number of hydrogen-bond acceptors (Lipinski definition) is 5. The number of esters is 1. The molecule has 1 amide bonds. The van der Waals surface area contributed by atoms with Crippen molar-refractivity contribution in [2.45, 2.75) is 45.4 Å². The second kappa shape index (κ2) is 6.56. The molecule has 1 unspecified atom stereocenters. The average molecular weight is 271 g/mol. The van der Waals surface area contributed by atoms with E-state index in [0.717, 1.165) is 0 Å². The van der Waals surface area contributed by atoms with E-state index in [1.807, 2.05) is 6.08 Å². The summed E-state index contributed by atoms with van der Waals surface area (Å²) in [4.78, 5) is 22.2. The molecule has 1 aliphatic rings. The van der Waals surface area contributed by atoms with Crippen molar-refractivity contribution in [1.82, 2.24) is 5.32 Å². The average Bonchev–Trinajstić information content (AvgIpc) is 2.25. The summed E-state index contributed by atoms with van der Waals surface area (Å²) in [6.07, 6.45) is 2.82. The van der Waals surface area contributed by atoms with Gasteiger partial charge >= 0.3 is 12.1 Å². The molecule has 0 aromatic rings. The van der Waals surface area contributed by atoms with Crippen LogP contribution in [0.2, 0.25) is 0 Å². The van der Waals surface area contributed by atoms with Gasteiger partial charge in [0.25, 0.3) is 0 Å². The maximum atomic E-state index is 11.5. The molecule has 108 valence electrons. The van der Waals surface area contributed by atoms with Gasteiger partial charge < -0.3 is 19.5 Å². The first-order chi connectivity index (χ1) is 8.76. The van der Waals surface area contributed by atoms with E-state index in [4.69, 9.17) is 14.2 Å². The van der Waals surface area contributed by atoms with Crippen LogP contribution < -0.4 is 5.32 Å². The van der Waals surface area contributed by atoms with E-state index >= 15 is 0 Å². The lowest BCUT2D eigenvalue weighted by molar-refractivity contribution is -0.144. The van der Waals surface area contributed by atoms with Gasteiger partial charge in [0.05, 0.1) is 12.6 Å². The number of amides is 1. The van der Waals surface area contributed by atoms with Gasteiger partial charge in [-0.15, -0.1) is 0 Å². The van der Waals surface area contributed by atoms with Gasteiger partial charge in [0, 0.05) is 6.92 Å². The Hall–Kier alpha value is -1.56. The molecule has 1 N–H and O–H groups in total. The highest BCUT2D eigenvalue weighted by Crippen LogP contribution is 2.09. The highest BCUT2D eigenvalue weighted by molar-refractivity contribution is 5.68. The van der Waals surface area contributed by atoms with Crippen LogP contribution >= 0.6 is 0 Å². The standard InChI is InChI=1S/C13H21NO5/c1-9(15)17-8-11-6-5-10(7-18-11)14-12(16)19-13(2,3)4/h5-6,10-11H,7-8H2,1-4H3,(H,14,16)/t10-,11?/m1/s1. The van der Waals surface area contributed by atoms with Crippen molar-refractivity contribution in [3.8, 4) is 0 Å². The summed E-state index contributed by atoms with van der Waals surface area (Å²) in [5.74, 6) is -0.342. The number of ether oxygens (including phenoxy) is 3. The van der Waals surface area contributed by atoms with Crippen molar-refractivity contribution in [3.05, 3.63) is 12.2 Å². The molecule has 1 rings (SSSR count). The highest BCUT2D eigenvalue weighted by atomic mass is 16.6. The Kier molecular flexibility index (Phi) is 5.35. The summed E-state index contributed by atoms with van der Waals surface area (Å²) >= 11 is 0. The first-order valence-corrected chi connectivity index (χ1v) is 6.19. The van der Waals surface area contributed by atoms with Crippen LogP contribution in [0.3, 0.4) is 0 Å². The fourth-order valence-corrected chi connectivity index (χ4v) is 1.45. The molecule has 0 fully saturated rings. The molecular formula is C13H21NO5. The summed E-state index contributed by atoms with van der Waals surface area (Å²) in [5, 5.41) is 2.68. The van der Waals surface area contributed by atoms with Crippen molar-refractivity contribution in [1.29, 1.82) is 0 Å². The summed E-state index contributed by atoms with van der Waals surface area (Å²) < 4.78 is 15.4. The van der Waals surface area contributed by atoms with Crippen LogP contribution in [0, 0.1) is 0 Å². The lowest BCUT2D eigenvalue weighted by atomic mass is 10.2. The third-order valence-electron chi connectivity index (χ3n) is 2.20. The Morgan fingerprint density at radius 2 is 2.05 bits per heavy atom. The minimum absolute atomic E-state index is 0.186. The van der Waals surface area contributed by atoms with E-state index in [1.165, 1.54) is 6.92 Å². The lowest BCUT2D eigenvalue weighted by Gasteiger charge is -2.26. The number of nitrogens with one attached hydrogen (secondary N) is 1. The van der Waals surface area contributed by atoms with Crippen molar-refractivity contribution in [3.63, 3.8) is 0 Å². The van der Waals surface area contributed by atoms with Gasteiger partial charge in [0.15, 0.2) is 0 Å². The fraction of sp³-hybridized carbons (Fsp3) is 0.692. The molecule has 6 heteroatoms. The molecular weight excluding hydrogens is 250 g/mol. The minimum Gasteiger partial charge on any atom is -0.463 e. The number of alkyl carbamates (subject to hydrolysis) is 1. The Bertz CT molecular complexity index is 359. The predicted molar refractivity (Wildman–Crippen MR) is 68.7 cm³/mol. The molecule has 1 aliphatic heterocycles. The van der Waals surface area contributed by atoms with E-state index in [-0.39, 0.29) is 24.7 Å². The quantitative estimate of drug-likeness (QED) is 0.620. The Morgan fingerprint density at radius 1 is 1.37 bits per heavy atom. The molecule has 0 spiro atoms. The minimum atomic E-state index is -0.527. The summed E-state index contributed by atoms with van der Waals surface area (Å²) in [5.41, 5.74) is -0.527. The van der Waals surface area contributed by atoms with Gasteiger partial charge in [-0.05, 0) is 20.8 Å². The van der Waals surface area contributed by atoms with Crippen LogP contribution in [0.5, 0.6) is 0 Å². The van der Waals surface area contributed by atoms with Gasteiger partial charge in [0.1, 0.15) is 18.3 Å². The second-order valence-electron chi connectivity index (χ2n) is 5.31. The molecule has 0 saturated heterocycles. The zero-order chi connectivity index (χ0) is 14.5. The van der Waals surface area contributed by atoms with Crippen molar-refractivity contribution >= 4 is 12.1 Å². The molecule has 0 bridgehead atoms. The Balaban J connectivity index is 2.34. The van der Waals surface area contributed by atoms with E-state index in [0.29, 0.717) is 6.61 Å². The first kappa shape index (κ1) is 15.5. The number of hydrogen-bond donors (Lipinski definition) is 1. The van der Waals surface area contributed by atoms with Gasteiger partial charge in [-0.2, -0.15) is 0 Å². The maximum Gasteiger partial charge on any atom is 0.408 e. The zero-order valence-corrected chi connectivity index (χ0v) is 11.8.